The van der Waals surface area contributed by atoms with E-state index in [9.17, 15) is 4.79 Å². The summed E-state index contributed by atoms with van der Waals surface area (Å²) in [4.78, 5) is 24.1. The maximum atomic E-state index is 13.2. The van der Waals surface area contributed by atoms with E-state index in [1.54, 1.807) is 17.3 Å². The fourth-order valence-corrected chi connectivity index (χ4v) is 3.90. The Balaban J connectivity index is 1.38. The number of rotatable bonds is 4. The van der Waals surface area contributed by atoms with Crippen LogP contribution in [0.3, 0.4) is 0 Å². The zero-order valence-corrected chi connectivity index (χ0v) is 16.7. The van der Waals surface area contributed by atoms with Gasteiger partial charge in [-0.1, -0.05) is 47.6 Å². The topological polar surface area (TPSA) is 77.1 Å². The highest BCUT2D eigenvalue weighted by Gasteiger charge is 2.33. The van der Waals surface area contributed by atoms with Crippen molar-refractivity contribution >= 4 is 17.7 Å². The zero-order valence-electron chi connectivity index (χ0n) is 16.7. The van der Waals surface area contributed by atoms with Gasteiger partial charge in [-0.15, -0.1) is 0 Å². The van der Waals surface area contributed by atoms with Crippen LogP contribution in [0, 0.1) is 0 Å². The van der Waals surface area contributed by atoms with Crippen LogP contribution in [0.4, 0.5) is 5.69 Å². The molecule has 1 aliphatic carbocycles. The van der Waals surface area contributed by atoms with Crippen molar-refractivity contribution in [2.24, 2.45) is 0 Å². The summed E-state index contributed by atoms with van der Waals surface area (Å²) in [5, 5.41) is 4.15. The number of amides is 1. The summed E-state index contributed by atoms with van der Waals surface area (Å²) < 4.78 is 7.44. The van der Waals surface area contributed by atoms with Crippen molar-refractivity contribution in [3.63, 3.8) is 0 Å². The molecular formula is C24H19N5O2. The summed E-state index contributed by atoms with van der Waals surface area (Å²) in [7, 11) is 0. The van der Waals surface area contributed by atoms with Gasteiger partial charge < -0.3 is 9.42 Å². The van der Waals surface area contributed by atoms with Gasteiger partial charge >= 0.3 is 0 Å². The van der Waals surface area contributed by atoms with Crippen LogP contribution in [0.25, 0.3) is 23.3 Å². The van der Waals surface area contributed by atoms with E-state index >= 15 is 0 Å². The lowest BCUT2D eigenvalue weighted by Gasteiger charge is -2.30. The van der Waals surface area contributed by atoms with E-state index in [1.165, 1.54) is 0 Å². The normalized spacial score (nSPS) is 15.2. The number of benzene rings is 2. The molecule has 0 saturated heterocycles. The average Bonchev–Trinajstić information content (AvgIpc) is 3.39. The summed E-state index contributed by atoms with van der Waals surface area (Å²) in [6.45, 7) is 0.373. The molecule has 0 unspecified atom stereocenters. The fraction of sp³-hybridized carbons (Fsp3) is 0.167. The number of fused-ring (bicyclic) bond motifs is 3. The smallest absolute Gasteiger partial charge is 0.251 e. The van der Waals surface area contributed by atoms with Gasteiger partial charge in [-0.3, -0.25) is 9.36 Å². The van der Waals surface area contributed by atoms with Crippen LogP contribution in [0.1, 0.15) is 35.9 Å². The molecule has 7 heteroatoms. The molecule has 0 N–H and O–H groups in total. The first kappa shape index (κ1) is 17.8. The van der Waals surface area contributed by atoms with Gasteiger partial charge in [0.1, 0.15) is 12.0 Å². The van der Waals surface area contributed by atoms with Gasteiger partial charge in [0.25, 0.3) is 5.91 Å². The summed E-state index contributed by atoms with van der Waals surface area (Å²) in [5.41, 5.74) is 4.23. The minimum Gasteiger partial charge on any atom is -0.339 e. The molecule has 31 heavy (non-hydrogen) atoms. The van der Waals surface area contributed by atoms with Crippen molar-refractivity contribution in [2.75, 3.05) is 4.90 Å². The minimum absolute atomic E-state index is 0.0958. The van der Waals surface area contributed by atoms with Gasteiger partial charge in [-0.2, -0.15) is 4.98 Å². The van der Waals surface area contributed by atoms with E-state index in [1.807, 2.05) is 65.2 Å². The first-order valence-electron chi connectivity index (χ1n) is 10.3. The molecule has 1 amide bonds. The number of hydrogen-bond acceptors (Lipinski definition) is 5. The second kappa shape index (κ2) is 7.05. The third kappa shape index (κ3) is 3.15. The zero-order chi connectivity index (χ0) is 20.8. The van der Waals surface area contributed by atoms with Gasteiger partial charge in [0.2, 0.25) is 11.7 Å². The number of nitrogens with zero attached hydrogens (tertiary/aromatic N) is 5. The lowest BCUT2D eigenvalue weighted by atomic mass is 10.1. The van der Waals surface area contributed by atoms with Crippen molar-refractivity contribution in [1.82, 2.24) is 19.7 Å². The molecule has 4 aromatic rings. The Hall–Kier alpha value is -4.00. The highest BCUT2D eigenvalue weighted by Crippen LogP contribution is 2.40. The van der Waals surface area contributed by atoms with Crippen LogP contribution in [-0.4, -0.2) is 25.6 Å². The molecule has 7 nitrogen and oxygen atoms in total. The van der Waals surface area contributed by atoms with E-state index in [-0.39, 0.29) is 5.91 Å². The second-order valence-electron chi connectivity index (χ2n) is 7.80. The van der Waals surface area contributed by atoms with E-state index < -0.39 is 0 Å². The number of carbonyl (C=O) groups excluding carboxylic acids is 1. The number of carbonyl (C=O) groups is 1. The number of imidazole rings is 1. The van der Waals surface area contributed by atoms with Crippen molar-refractivity contribution in [3.05, 3.63) is 84.1 Å². The molecule has 0 bridgehead atoms. The van der Waals surface area contributed by atoms with Gasteiger partial charge in [0.15, 0.2) is 0 Å². The summed E-state index contributed by atoms with van der Waals surface area (Å²) in [6, 6.07) is 17.6. The van der Waals surface area contributed by atoms with Crippen molar-refractivity contribution in [3.8, 4) is 17.2 Å². The molecule has 1 aliphatic heterocycles. The third-order valence-electron chi connectivity index (χ3n) is 5.67. The average molecular weight is 409 g/mol. The maximum Gasteiger partial charge on any atom is 0.251 e. The van der Waals surface area contributed by atoms with Crippen LogP contribution in [-0.2, 0) is 11.3 Å². The molecule has 0 atom stereocenters. The standard InChI is InChI=1S/C24H19N5O2/c30-21(13-10-16-6-2-1-3-7-16)28-14-20-22(23-26-24(31-27-23)17-11-12-17)25-15-29(20)19-9-5-4-8-18(19)28/h1-10,13,15,17H,11-12,14H2/b13-10+. The molecule has 6 rings (SSSR count). The number of anilines is 1. The number of aromatic nitrogens is 4. The Bertz CT molecular complexity index is 1300. The summed E-state index contributed by atoms with van der Waals surface area (Å²) in [5.74, 6) is 1.43. The summed E-state index contributed by atoms with van der Waals surface area (Å²) >= 11 is 0. The molecule has 3 heterocycles. The van der Waals surface area contributed by atoms with Crippen LogP contribution >= 0.6 is 0 Å². The molecule has 0 radical (unpaired) electrons. The highest BCUT2D eigenvalue weighted by atomic mass is 16.5. The molecular weight excluding hydrogens is 390 g/mol. The predicted octanol–water partition coefficient (Wildman–Crippen LogP) is 4.36. The Labute approximate surface area is 178 Å². The largest absolute Gasteiger partial charge is 0.339 e. The van der Waals surface area contributed by atoms with Crippen molar-refractivity contribution in [2.45, 2.75) is 25.3 Å². The van der Waals surface area contributed by atoms with Crippen LogP contribution in [0.5, 0.6) is 0 Å². The van der Waals surface area contributed by atoms with Crippen LogP contribution in [0.15, 0.2) is 71.5 Å². The Kier molecular flexibility index (Phi) is 4.06. The first-order valence-corrected chi connectivity index (χ1v) is 10.3. The molecule has 1 saturated carbocycles. The Morgan fingerprint density at radius 2 is 1.81 bits per heavy atom. The lowest BCUT2D eigenvalue weighted by molar-refractivity contribution is -0.114. The highest BCUT2D eigenvalue weighted by molar-refractivity contribution is 6.05. The van der Waals surface area contributed by atoms with Gasteiger partial charge in [-0.05, 0) is 36.6 Å². The Morgan fingerprint density at radius 1 is 1.03 bits per heavy atom. The molecule has 2 aromatic heterocycles. The SMILES string of the molecule is O=C(/C=C/c1ccccc1)N1Cc2c(-c3noc(C4CC4)n3)ncn2-c2ccccc21. The Morgan fingerprint density at radius 3 is 2.61 bits per heavy atom. The van der Waals surface area contributed by atoms with Gasteiger partial charge in [-0.25, -0.2) is 4.98 Å². The maximum absolute atomic E-state index is 13.2. The van der Waals surface area contributed by atoms with E-state index in [0.29, 0.717) is 29.9 Å². The molecule has 1 fully saturated rings. The molecule has 0 spiro atoms. The van der Waals surface area contributed by atoms with E-state index in [0.717, 1.165) is 35.5 Å². The van der Waals surface area contributed by atoms with E-state index in [4.69, 9.17) is 4.52 Å². The van der Waals surface area contributed by atoms with E-state index in [2.05, 4.69) is 15.1 Å². The lowest BCUT2D eigenvalue weighted by Crippen LogP contribution is -2.33. The number of para-hydroxylation sites is 2. The monoisotopic (exact) mass is 409 g/mol. The predicted molar refractivity (Wildman–Crippen MR) is 115 cm³/mol. The quantitative estimate of drug-likeness (QED) is 0.468. The van der Waals surface area contributed by atoms with Gasteiger partial charge in [0, 0.05) is 12.0 Å². The number of hydrogen-bond donors (Lipinski definition) is 0. The van der Waals surface area contributed by atoms with Crippen LogP contribution < -0.4 is 4.90 Å². The van der Waals surface area contributed by atoms with Crippen molar-refractivity contribution in [1.29, 1.82) is 0 Å². The second-order valence-corrected chi connectivity index (χ2v) is 7.80. The van der Waals surface area contributed by atoms with Gasteiger partial charge in [0.05, 0.1) is 23.6 Å². The van der Waals surface area contributed by atoms with Crippen LogP contribution in [0.2, 0.25) is 0 Å². The first-order chi connectivity index (χ1) is 15.3. The molecule has 152 valence electrons. The molecule has 2 aliphatic rings. The molecule has 2 aromatic carbocycles. The minimum atomic E-state index is -0.0958. The van der Waals surface area contributed by atoms with Crippen molar-refractivity contribution < 1.29 is 9.32 Å². The fourth-order valence-electron chi connectivity index (χ4n) is 3.90. The third-order valence-corrected chi connectivity index (χ3v) is 5.67. The summed E-state index contributed by atoms with van der Waals surface area (Å²) in [6.07, 6.45) is 7.38.